The van der Waals surface area contributed by atoms with Crippen LogP contribution in [0.4, 0.5) is 5.82 Å². The second-order valence-corrected chi connectivity index (χ2v) is 5.25. The normalized spacial score (nSPS) is 20.9. The van der Waals surface area contributed by atoms with Gasteiger partial charge in [-0.25, -0.2) is 14.8 Å². The van der Waals surface area contributed by atoms with Gasteiger partial charge in [0, 0.05) is 11.4 Å². The minimum Gasteiger partial charge on any atom is -0.475 e. The molecular weight excluding hydrogens is 254 g/mol. The van der Waals surface area contributed by atoms with E-state index in [1.807, 2.05) is 24.3 Å². The fourth-order valence-corrected chi connectivity index (χ4v) is 2.57. The Kier molecular flexibility index (Phi) is 3.26. The molecule has 2 unspecified atom stereocenters. The van der Waals surface area contributed by atoms with Crippen molar-refractivity contribution in [2.75, 3.05) is 5.32 Å². The Morgan fingerprint density at radius 1 is 1.40 bits per heavy atom. The summed E-state index contributed by atoms with van der Waals surface area (Å²) in [6, 6.07) is 7.90. The number of hydrogen-bond acceptors (Lipinski definition) is 4. The third-order valence-electron chi connectivity index (χ3n) is 3.70. The Morgan fingerprint density at radius 3 is 2.95 bits per heavy atom. The molecule has 2 N–H and O–H groups in total. The Balaban J connectivity index is 1.94. The lowest BCUT2D eigenvalue weighted by atomic mass is 10.2. The van der Waals surface area contributed by atoms with Crippen LogP contribution < -0.4 is 5.32 Å². The van der Waals surface area contributed by atoms with Crippen molar-refractivity contribution in [3.05, 3.63) is 30.1 Å². The van der Waals surface area contributed by atoms with Crippen LogP contribution in [0.3, 0.4) is 0 Å². The van der Waals surface area contributed by atoms with Gasteiger partial charge < -0.3 is 10.4 Å². The van der Waals surface area contributed by atoms with Gasteiger partial charge in [-0.3, -0.25) is 0 Å². The van der Waals surface area contributed by atoms with E-state index in [1.165, 1.54) is 12.8 Å². The largest absolute Gasteiger partial charge is 0.475 e. The number of fused-ring (bicyclic) bond motifs is 1. The summed E-state index contributed by atoms with van der Waals surface area (Å²) in [5.41, 5.74) is 0.662. The van der Waals surface area contributed by atoms with E-state index in [0.29, 0.717) is 23.3 Å². The Bertz CT molecular complexity index is 657. The van der Waals surface area contributed by atoms with Crippen LogP contribution in [0, 0.1) is 5.92 Å². The quantitative estimate of drug-likeness (QED) is 0.874. The highest BCUT2D eigenvalue weighted by Crippen LogP contribution is 2.38. The number of carbonyl (C=O) groups is 1. The topological polar surface area (TPSA) is 75.1 Å². The van der Waals surface area contributed by atoms with Gasteiger partial charge in [0.15, 0.2) is 0 Å². The number of benzene rings is 1. The first-order valence-electron chi connectivity index (χ1n) is 6.95. The molecule has 1 aromatic carbocycles. The van der Waals surface area contributed by atoms with Gasteiger partial charge in [0.1, 0.15) is 5.82 Å². The number of nitrogens with one attached hydrogen (secondary N) is 1. The first-order valence-corrected chi connectivity index (χ1v) is 6.95. The predicted octanol–water partition coefficient (Wildman–Crippen LogP) is 2.93. The molecule has 0 spiro atoms. The van der Waals surface area contributed by atoms with Crippen molar-refractivity contribution >= 4 is 22.7 Å². The number of carboxylic acids is 1. The summed E-state index contributed by atoms with van der Waals surface area (Å²) >= 11 is 0. The molecule has 1 heterocycles. The molecule has 20 heavy (non-hydrogen) atoms. The maximum absolute atomic E-state index is 11.1. The monoisotopic (exact) mass is 271 g/mol. The van der Waals surface area contributed by atoms with Gasteiger partial charge in [-0.2, -0.15) is 0 Å². The fraction of sp³-hybridized carbons (Fsp3) is 0.400. The van der Waals surface area contributed by atoms with E-state index in [-0.39, 0.29) is 5.82 Å². The number of para-hydroxylation sites is 1. The van der Waals surface area contributed by atoms with Crippen molar-refractivity contribution in [3.8, 4) is 0 Å². The molecule has 104 valence electrons. The van der Waals surface area contributed by atoms with Gasteiger partial charge >= 0.3 is 5.97 Å². The first kappa shape index (κ1) is 12.8. The van der Waals surface area contributed by atoms with E-state index in [0.717, 1.165) is 11.8 Å². The standard InChI is InChI=1S/C15H17N3O2/c1-2-5-9-8-12(9)17-13-10-6-3-4-7-11(10)16-14(18-13)15(19)20/h3-4,6-7,9,12H,2,5,8H2,1H3,(H,19,20)(H,16,17,18). The molecule has 0 amide bonds. The molecule has 1 aliphatic carbocycles. The van der Waals surface area contributed by atoms with Gasteiger partial charge in [0.2, 0.25) is 5.82 Å². The van der Waals surface area contributed by atoms with Gasteiger partial charge in [-0.1, -0.05) is 25.5 Å². The predicted molar refractivity (Wildman–Crippen MR) is 76.9 cm³/mol. The third kappa shape index (κ3) is 2.43. The number of hydrogen-bond donors (Lipinski definition) is 2. The fourth-order valence-electron chi connectivity index (χ4n) is 2.57. The summed E-state index contributed by atoms with van der Waals surface area (Å²) in [6.07, 6.45) is 3.51. The molecule has 1 aromatic heterocycles. The van der Waals surface area contributed by atoms with Crippen LogP contribution in [-0.4, -0.2) is 27.1 Å². The van der Waals surface area contributed by atoms with E-state index in [9.17, 15) is 4.79 Å². The second-order valence-electron chi connectivity index (χ2n) is 5.25. The van der Waals surface area contributed by atoms with E-state index < -0.39 is 5.97 Å². The molecule has 2 atom stereocenters. The Morgan fingerprint density at radius 2 is 2.20 bits per heavy atom. The molecule has 0 bridgehead atoms. The molecule has 0 saturated heterocycles. The molecule has 3 rings (SSSR count). The summed E-state index contributed by atoms with van der Waals surface area (Å²) in [4.78, 5) is 19.3. The minimum absolute atomic E-state index is 0.154. The van der Waals surface area contributed by atoms with Gasteiger partial charge in [-0.15, -0.1) is 0 Å². The number of aromatic carboxylic acids is 1. The summed E-state index contributed by atoms with van der Waals surface area (Å²) in [6.45, 7) is 2.18. The molecule has 5 nitrogen and oxygen atoms in total. The molecule has 1 fully saturated rings. The maximum atomic E-state index is 11.1. The van der Waals surface area contributed by atoms with E-state index in [2.05, 4.69) is 22.2 Å². The molecule has 0 aliphatic heterocycles. The highest BCUT2D eigenvalue weighted by atomic mass is 16.4. The second kappa shape index (κ2) is 5.07. The summed E-state index contributed by atoms with van der Waals surface area (Å²) in [5.74, 6) is 0.0669. The Labute approximate surface area is 117 Å². The highest BCUT2D eigenvalue weighted by Gasteiger charge is 2.36. The number of nitrogens with zero attached hydrogens (tertiary/aromatic N) is 2. The molecule has 5 heteroatoms. The van der Waals surface area contributed by atoms with Gasteiger partial charge in [0.05, 0.1) is 5.52 Å². The lowest BCUT2D eigenvalue weighted by Crippen LogP contribution is -2.11. The third-order valence-corrected chi connectivity index (χ3v) is 3.70. The average molecular weight is 271 g/mol. The zero-order chi connectivity index (χ0) is 14.1. The zero-order valence-electron chi connectivity index (χ0n) is 11.3. The summed E-state index contributed by atoms with van der Waals surface area (Å²) in [7, 11) is 0. The number of rotatable bonds is 5. The van der Waals surface area contributed by atoms with Gasteiger partial charge in [0.25, 0.3) is 0 Å². The lowest BCUT2D eigenvalue weighted by Gasteiger charge is -2.09. The van der Waals surface area contributed by atoms with Crippen LogP contribution in [0.1, 0.15) is 36.8 Å². The molecule has 0 radical (unpaired) electrons. The van der Waals surface area contributed by atoms with E-state index >= 15 is 0 Å². The number of aromatic nitrogens is 2. The van der Waals surface area contributed by atoms with Crippen molar-refractivity contribution in [1.82, 2.24) is 9.97 Å². The van der Waals surface area contributed by atoms with Crippen LogP contribution >= 0.6 is 0 Å². The highest BCUT2D eigenvalue weighted by molar-refractivity contribution is 5.93. The van der Waals surface area contributed by atoms with Crippen molar-refractivity contribution < 1.29 is 9.90 Å². The zero-order valence-corrected chi connectivity index (χ0v) is 11.3. The molecule has 1 aliphatic rings. The smallest absolute Gasteiger partial charge is 0.374 e. The maximum Gasteiger partial charge on any atom is 0.374 e. The van der Waals surface area contributed by atoms with Crippen LogP contribution in [0.25, 0.3) is 10.9 Å². The van der Waals surface area contributed by atoms with Gasteiger partial charge in [-0.05, 0) is 30.9 Å². The number of carboxylic acid groups (broad SMARTS) is 1. The molecular formula is C15H17N3O2. The molecule has 1 saturated carbocycles. The van der Waals surface area contributed by atoms with Crippen LogP contribution in [0.15, 0.2) is 24.3 Å². The van der Waals surface area contributed by atoms with E-state index in [1.54, 1.807) is 0 Å². The SMILES string of the molecule is CCCC1CC1Nc1nc(C(=O)O)nc2ccccc12. The number of anilines is 1. The lowest BCUT2D eigenvalue weighted by molar-refractivity contribution is 0.0684. The summed E-state index contributed by atoms with van der Waals surface area (Å²) < 4.78 is 0. The van der Waals surface area contributed by atoms with Crippen molar-refractivity contribution in [2.24, 2.45) is 5.92 Å². The van der Waals surface area contributed by atoms with Crippen molar-refractivity contribution in [1.29, 1.82) is 0 Å². The van der Waals surface area contributed by atoms with Crippen LogP contribution in [0.5, 0.6) is 0 Å². The van der Waals surface area contributed by atoms with Crippen molar-refractivity contribution in [3.63, 3.8) is 0 Å². The van der Waals surface area contributed by atoms with E-state index in [4.69, 9.17) is 5.11 Å². The average Bonchev–Trinajstić information content (AvgIpc) is 3.17. The minimum atomic E-state index is -1.10. The van der Waals surface area contributed by atoms with Crippen molar-refractivity contribution in [2.45, 2.75) is 32.2 Å². The Hall–Kier alpha value is -2.17. The summed E-state index contributed by atoms with van der Waals surface area (Å²) in [5, 5.41) is 13.4. The van der Waals surface area contributed by atoms with Crippen LogP contribution in [0.2, 0.25) is 0 Å². The first-order chi connectivity index (χ1) is 9.69. The van der Waals surface area contributed by atoms with Crippen LogP contribution in [-0.2, 0) is 0 Å². The molecule has 2 aromatic rings.